The summed E-state index contributed by atoms with van der Waals surface area (Å²) in [4.78, 5) is 0. The summed E-state index contributed by atoms with van der Waals surface area (Å²) in [6.45, 7) is 0. The fourth-order valence-electron chi connectivity index (χ4n) is 0. The zero-order chi connectivity index (χ0) is 0. The van der Waals surface area contributed by atoms with Gasteiger partial charge < -0.3 is 0 Å². The Bertz CT molecular complexity index is 8.00. The molecule has 0 aromatic rings. The predicted octanol–water partition coefficient (Wildman–Crippen LogP) is -0.767. The quantitative estimate of drug-likeness (QED) is 0.460. The summed E-state index contributed by atoms with van der Waals surface area (Å²) >= 11 is 0. The largest absolute Gasteiger partial charge is 0 e. The first kappa shape index (κ1) is 27.0. The van der Waals surface area contributed by atoms with Gasteiger partial charge >= 0.3 is 0 Å². The second-order valence-electron chi connectivity index (χ2n) is 0. The van der Waals surface area contributed by atoms with Gasteiger partial charge in [-0.3, -0.25) is 0 Å². The van der Waals surface area contributed by atoms with Gasteiger partial charge in [0.1, 0.15) is 0 Å². The van der Waals surface area contributed by atoms with Crippen LogP contribution in [0.4, 0.5) is 0 Å². The first-order valence-electron chi connectivity index (χ1n) is 0. The first-order chi connectivity index (χ1) is 0. The van der Waals surface area contributed by atoms with Gasteiger partial charge in [0.05, 0.1) is 0 Å². The summed E-state index contributed by atoms with van der Waals surface area (Å²) < 4.78 is 0. The van der Waals surface area contributed by atoms with Gasteiger partial charge in [0, 0.05) is 96.5 Å². The molecular weight excluding hydrogens is 411 g/mol. The molecule has 0 amide bonds. The Morgan fingerprint density at radius 3 is 1.00 bits per heavy atom. The van der Waals surface area contributed by atoms with Crippen LogP contribution in [0.15, 0.2) is 0 Å². The molecule has 0 aromatic heterocycles. The van der Waals surface area contributed by atoms with Gasteiger partial charge in [0.2, 0.25) is 0 Å². The van der Waals surface area contributed by atoms with E-state index < -0.39 is 0 Å². The zero-order valence-corrected chi connectivity index (χ0v) is 15.6. The second-order valence-corrected chi connectivity index (χ2v) is 0. The third-order valence-electron chi connectivity index (χ3n) is 0. The summed E-state index contributed by atoms with van der Waals surface area (Å²) in [5.41, 5.74) is 0. The fraction of sp³-hybridized carbons (Fsp3) is 0. The zero-order valence-electron chi connectivity index (χ0n) is 2.49. The Hall–Kier alpha value is 3.21. The molecule has 0 aliphatic carbocycles. The van der Waals surface area contributed by atoms with Crippen LogP contribution in [-0.2, 0) is 46.8 Å². The van der Waals surface area contributed by atoms with Crippen molar-refractivity contribution < 1.29 is 46.8 Å². The third kappa shape index (κ3) is 8.96. The van der Waals surface area contributed by atoms with Crippen molar-refractivity contribution in [2.75, 3.05) is 0 Å². The maximum atomic E-state index is 0. The van der Waals surface area contributed by atoms with Crippen molar-refractivity contribution in [1.82, 2.24) is 0 Å². The maximum absolute atomic E-state index is 0. The molecule has 11 valence electrons. The standard InChI is InChI=1S/Cd.In.Sn.Zn. The van der Waals surface area contributed by atoms with Gasteiger partial charge in [-0.2, -0.15) is 0 Å². The maximum Gasteiger partial charge on any atom is 0 e. The third-order valence-corrected chi connectivity index (χ3v) is 0. The fourth-order valence-corrected chi connectivity index (χ4v) is 0. The van der Waals surface area contributed by atoms with Crippen molar-refractivity contribution in [1.29, 1.82) is 0 Å². The Kier molecular flexibility index (Phi) is 110. The monoisotopic (exact) mass is 413 g/mol. The van der Waals surface area contributed by atoms with Crippen LogP contribution in [-0.4, -0.2) is 49.8 Å². The van der Waals surface area contributed by atoms with Crippen LogP contribution in [0.2, 0.25) is 0 Å². The molecule has 0 spiro atoms. The topological polar surface area (TPSA) is 0 Å². The Balaban J connectivity index is 0. The summed E-state index contributed by atoms with van der Waals surface area (Å²) in [6, 6.07) is 0. The molecule has 0 aromatic carbocycles. The summed E-state index contributed by atoms with van der Waals surface area (Å²) in [6.07, 6.45) is 0. The van der Waals surface area contributed by atoms with E-state index in [1.165, 1.54) is 0 Å². The van der Waals surface area contributed by atoms with Crippen molar-refractivity contribution in [3.05, 3.63) is 0 Å². The Labute approximate surface area is 94.5 Å². The minimum Gasteiger partial charge on any atom is 0 e. The van der Waals surface area contributed by atoms with Crippen LogP contribution in [0.25, 0.3) is 0 Å². The van der Waals surface area contributed by atoms with Gasteiger partial charge in [-0.15, -0.1) is 0 Å². The van der Waals surface area contributed by atoms with Crippen LogP contribution in [0.3, 0.4) is 0 Å². The van der Waals surface area contributed by atoms with Crippen LogP contribution in [0, 0.1) is 0 Å². The molecule has 4 heavy (non-hydrogen) atoms. The van der Waals surface area contributed by atoms with Gasteiger partial charge in [0.25, 0.3) is 0 Å². The SMILES string of the molecule is [Cd].[In].[Sn].[Zn]. The van der Waals surface area contributed by atoms with E-state index in [1.54, 1.807) is 0 Å². The Morgan fingerprint density at radius 2 is 1.00 bits per heavy atom. The van der Waals surface area contributed by atoms with E-state index in [4.69, 9.17) is 0 Å². The number of hydrogen-bond acceptors (Lipinski definition) is 0. The number of rotatable bonds is 0. The van der Waals surface area contributed by atoms with E-state index in [-0.39, 0.29) is 96.5 Å². The average Bonchev–Trinajstić information content (AvgIpc) is 0. The summed E-state index contributed by atoms with van der Waals surface area (Å²) in [5.74, 6) is 0. The Morgan fingerprint density at radius 1 is 1.00 bits per heavy atom. The van der Waals surface area contributed by atoms with Crippen LogP contribution in [0.1, 0.15) is 0 Å². The molecular formula is CdInSnZn. The van der Waals surface area contributed by atoms with E-state index in [0.717, 1.165) is 0 Å². The predicted molar refractivity (Wildman–Crippen MR) is 11.5 cm³/mol. The second kappa shape index (κ2) is 16.4. The summed E-state index contributed by atoms with van der Waals surface area (Å²) in [7, 11) is 0. The molecule has 7 radical (unpaired) electrons. The van der Waals surface area contributed by atoms with E-state index in [2.05, 4.69) is 0 Å². The number of hydrogen-bond donors (Lipinski definition) is 0. The molecule has 0 bridgehead atoms. The molecule has 0 atom stereocenters. The molecule has 0 fully saturated rings. The molecule has 0 unspecified atom stereocenters. The van der Waals surface area contributed by atoms with Crippen LogP contribution < -0.4 is 0 Å². The molecule has 0 nitrogen and oxygen atoms in total. The molecule has 0 rings (SSSR count). The first-order valence-corrected chi connectivity index (χ1v) is 0. The molecule has 0 aliphatic heterocycles. The van der Waals surface area contributed by atoms with E-state index >= 15 is 0 Å². The van der Waals surface area contributed by atoms with Crippen molar-refractivity contribution in [2.45, 2.75) is 0 Å². The van der Waals surface area contributed by atoms with Crippen LogP contribution in [0.5, 0.6) is 0 Å². The van der Waals surface area contributed by atoms with Crippen molar-refractivity contribution in [2.24, 2.45) is 0 Å². The minimum atomic E-state index is 0. The van der Waals surface area contributed by atoms with Crippen LogP contribution >= 0.6 is 0 Å². The van der Waals surface area contributed by atoms with Gasteiger partial charge in [-0.05, 0) is 0 Å². The van der Waals surface area contributed by atoms with Crippen molar-refractivity contribution in [3.8, 4) is 0 Å². The van der Waals surface area contributed by atoms with Gasteiger partial charge in [-0.25, -0.2) is 0 Å². The molecule has 0 N–H and O–H groups in total. The van der Waals surface area contributed by atoms with Crippen molar-refractivity contribution >= 4 is 49.8 Å². The van der Waals surface area contributed by atoms with Gasteiger partial charge in [-0.1, -0.05) is 0 Å². The molecule has 0 saturated carbocycles. The molecule has 0 aliphatic rings. The smallest absolute Gasteiger partial charge is 0 e. The summed E-state index contributed by atoms with van der Waals surface area (Å²) in [5, 5.41) is 0. The van der Waals surface area contributed by atoms with E-state index in [1.807, 2.05) is 0 Å². The normalized spacial score (nSPS) is 0. The van der Waals surface area contributed by atoms with E-state index in [0.29, 0.717) is 0 Å². The average molecular weight is 411 g/mol. The molecule has 0 saturated heterocycles. The molecule has 4 heteroatoms. The minimum absolute atomic E-state index is 0. The van der Waals surface area contributed by atoms with Crippen molar-refractivity contribution in [3.63, 3.8) is 0 Å². The molecule has 0 heterocycles. The van der Waals surface area contributed by atoms with E-state index in [9.17, 15) is 0 Å². The van der Waals surface area contributed by atoms with Gasteiger partial charge in [0.15, 0.2) is 0 Å².